The normalized spacial score (nSPS) is 11.6. The summed E-state index contributed by atoms with van der Waals surface area (Å²) in [5.74, 6) is -0.759. The SMILES string of the molecule is CC(=O)c1c(C(=O)Nc2ccccc2)cc2c3ccccc3n(S(=O)(=O)c3ccccc3)c2c1C. The van der Waals surface area contributed by atoms with Crippen molar-refractivity contribution in [1.29, 1.82) is 0 Å². The van der Waals surface area contributed by atoms with Crippen LogP contribution < -0.4 is 5.32 Å². The lowest BCUT2D eigenvalue weighted by Gasteiger charge is -2.15. The van der Waals surface area contributed by atoms with Gasteiger partial charge in [0.25, 0.3) is 15.9 Å². The van der Waals surface area contributed by atoms with Crippen LogP contribution in [0.25, 0.3) is 21.8 Å². The lowest BCUT2D eigenvalue weighted by Crippen LogP contribution is -2.18. The first-order chi connectivity index (χ1) is 16.8. The zero-order valence-electron chi connectivity index (χ0n) is 19.1. The third-order valence-corrected chi connectivity index (χ3v) is 7.80. The quantitative estimate of drug-likeness (QED) is 0.321. The third kappa shape index (κ3) is 3.70. The van der Waals surface area contributed by atoms with Crippen molar-refractivity contribution in [2.45, 2.75) is 18.7 Å². The van der Waals surface area contributed by atoms with E-state index in [1.807, 2.05) is 18.2 Å². The number of carbonyl (C=O) groups is 2. The highest BCUT2D eigenvalue weighted by atomic mass is 32.2. The first kappa shape index (κ1) is 22.6. The molecule has 5 aromatic rings. The number of Topliss-reactive ketones (excluding diaryl/α,β-unsaturated/α-hetero) is 1. The number of para-hydroxylation sites is 2. The smallest absolute Gasteiger partial charge is 0.268 e. The van der Waals surface area contributed by atoms with Crippen LogP contribution in [-0.4, -0.2) is 24.1 Å². The molecule has 0 fully saturated rings. The summed E-state index contributed by atoms with van der Waals surface area (Å²) < 4.78 is 28.9. The number of benzene rings is 4. The molecule has 0 aliphatic carbocycles. The largest absolute Gasteiger partial charge is 0.322 e. The number of hydrogen-bond acceptors (Lipinski definition) is 4. The monoisotopic (exact) mass is 482 g/mol. The van der Waals surface area contributed by atoms with Gasteiger partial charge >= 0.3 is 0 Å². The number of amides is 1. The Kier molecular flexibility index (Phi) is 5.49. The second-order valence-electron chi connectivity index (χ2n) is 8.30. The van der Waals surface area contributed by atoms with E-state index in [0.717, 1.165) is 0 Å². The summed E-state index contributed by atoms with van der Waals surface area (Å²) in [4.78, 5) is 26.2. The Hall–Kier alpha value is -4.23. The average Bonchev–Trinajstić information content (AvgIpc) is 3.20. The van der Waals surface area contributed by atoms with E-state index >= 15 is 0 Å². The maximum Gasteiger partial charge on any atom is 0.268 e. The second-order valence-corrected chi connectivity index (χ2v) is 10.1. The van der Waals surface area contributed by atoms with Gasteiger partial charge < -0.3 is 5.32 Å². The van der Waals surface area contributed by atoms with Crippen LogP contribution in [0.1, 0.15) is 33.2 Å². The maximum atomic E-state index is 13.8. The van der Waals surface area contributed by atoms with Crippen molar-refractivity contribution in [3.8, 4) is 0 Å². The summed E-state index contributed by atoms with van der Waals surface area (Å²) in [6.45, 7) is 3.07. The number of nitrogens with one attached hydrogen (secondary N) is 1. The van der Waals surface area contributed by atoms with E-state index < -0.39 is 15.9 Å². The highest BCUT2D eigenvalue weighted by molar-refractivity contribution is 7.90. The van der Waals surface area contributed by atoms with Gasteiger partial charge in [0, 0.05) is 22.0 Å². The summed E-state index contributed by atoms with van der Waals surface area (Å²) in [5.41, 5.74) is 2.29. The zero-order valence-corrected chi connectivity index (χ0v) is 20.0. The van der Waals surface area contributed by atoms with Crippen molar-refractivity contribution < 1.29 is 18.0 Å². The summed E-state index contributed by atoms with van der Waals surface area (Å²) >= 11 is 0. The molecular weight excluding hydrogens is 460 g/mol. The predicted molar refractivity (Wildman–Crippen MR) is 138 cm³/mol. The first-order valence-electron chi connectivity index (χ1n) is 11.1. The van der Waals surface area contributed by atoms with Gasteiger partial charge in [-0.3, -0.25) is 9.59 Å². The van der Waals surface area contributed by atoms with Crippen LogP contribution in [0.2, 0.25) is 0 Å². The van der Waals surface area contributed by atoms with E-state index in [0.29, 0.717) is 33.1 Å². The van der Waals surface area contributed by atoms with Gasteiger partial charge in [-0.25, -0.2) is 12.4 Å². The summed E-state index contributed by atoms with van der Waals surface area (Å²) in [5, 5.41) is 4.10. The Bertz CT molecular complexity index is 1720. The van der Waals surface area contributed by atoms with Crippen LogP contribution in [0.15, 0.2) is 95.9 Å². The van der Waals surface area contributed by atoms with Gasteiger partial charge in [-0.2, -0.15) is 0 Å². The van der Waals surface area contributed by atoms with Crippen LogP contribution in [0.4, 0.5) is 5.69 Å². The van der Waals surface area contributed by atoms with Crippen LogP contribution in [0.3, 0.4) is 0 Å². The third-order valence-electron chi connectivity index (χ3n) is 6.07. The molecule has 7 heteroatoms. The molecule has 0 aliphatic heterocycles. The molecule has 0 aliphatic rings. The van der Waals surface area contributed by atoms with E-state index in [1.54, 1.807) is 79.7 Å². The van der Waals surface area contributed by atoms with Gasteiger partial charge in [0.2, 0.25) is 0 Å². The molecule has 6 nitrogen and oxygen atoms in total. The molecule has 1 aromatic heterocycles. The fourth-order valence-electron chi connectivity index (χ4n) is 4.57. The Labute approximate surface area is 202 Å². The van der Waals surface area contributed by atoms with E-state index in [2.05, 4.69) is 5.32 Å². The molecule has 4 aromatic carbocycles. The first-order valence-corrected chi connectivity index (χ1v) is 12.5. The van der Waals surface area contributed by atoms with Crippen molar-refractivity contribution in [3.63, 3.8) is 0 Å². The molecule has 0 bridgehead atoms. The van der Waals surface area contributed by atoms with Crippen molar-refractivity contribution in [1.82, 2.24) is 3.97 Å². The standard InChI is InChI=1S/C28H22N2O4S/c1-18-26(19(2)31)24(28(32)29-20-11-5-3-6-12-20)17-23-22-15-9-10-16-25(22)30(27(18)23)35(33,34)21-13-7-4-8-14-21/h3-17H,1-2H3,(H,29,32). The van der Waals surface area contributed by atoms with Crippen molar-refractivity contribution in [2.24, 2.45) is 0 Å². The Morgan fingerprint density at radius 1 is 0.800 bits per heavy atom. The fraction of sp³-hybridized carbons (Fsp3) is 0.0714. The lowest BCUT2D eigenvalue weighted by molar-refractivity contribution is 0.0985. The minimum atomic E-state index is -3.99. The van der Waals surface area contributed by atoms with Crippen molar-refractivity contribution in [3.05, 3.63) is 108 Å². The van der Waals surface area contributed by atoms with E-state index in [9.17, 15) is 18.0 Å². The predicted octanol–water partition coefficient (Wildman–Crippen LogP) is 5.79. The lowest BCUT2D eigenvalue weighted by atomic mass is 9.94. The Morgan fingerprint density at radius 2 is 1.40 bits per heavy atom. The number of nitrogens with zero attached hydrogens (tertiary/aromatic N) is 1. The van der Waals surface area contributed by atoms with Gasteiger partial charge in [-0.1, -0.05) is 54.6 Å². The molecule has 0 saturated heterocycles. The number of hydrogen-bond donors (Lipinski definition) is 1. The Balaban J connectivity index is 1.85. The topological polar surface area (TPSA) is 85.2 Å². The van der Waals surface area contributed by atoms with Crippen LogP contribution in [-0.2, 0) is 10.0 Å². The van der Waals surface area contributed by atoms with Crippen LogP contribution in [0, 0.1) is 6.92 Å². The minimum Gasteiger partial charge on any atom is -0.322 e. The molecule has 1 amide bonds. The van der Waals surface area contributed by atoms with E-state index in [4.69, 9.17) is 0 Å². The molecule has 0 unspecified atom stereocenters. The molecule has 1 heterocycles. The van der Waals surface area contributed by atoms with E-state index in [1.165, 1.54) is 10.9 Å². The summed E-state index contributed by atoms with van der Waals surface area (Å²) in [6, 6.07) is 25.9. The highest BCUT2D eigenvalue weighted by Gasteiger charge is 2.28. The molecular formula is C28H22N2O4S. The van der Waals surface area contributed by atoms with Gasteiger partial charge in [0.05, 0.1) is 21.5 Å². The number of fused-ring (bicyclic) bond motifs is 3. The molecule has 174 valence electrons. The van der Waals surface area contributed by atoms with Crippen LogP contribution in [0.5, 0.6) is 0 Å². The number of aryl methyl sites for hydroxylation is 1. The number of ketones is 1. The van der Waals surface area contributed by atoms with Crippen LogP contribution >= 0.6 is 0 Å². The fourth-order valence-corrected chi connectivity index (χ4v) is 6.18. The summed E-state index contributed by atoms with van der Waals surface area (Å²) in [7, 11) is -3.99. The van der Waals surface area contributed by atoms with E-state index in [-0.39, 0.29) is 21.8 Å². The number of anilines is 1. The maximum absolute atomic E-state index is 13.8. The van der Waals surface area contributed by atoms with Gasteiger partial charge in [-0.05, 0) is 55.8 Å². The number of rotatable bonds is 5. The average molecular weight is 483 g/mol. The van der Waals surface area contributed by atoms with Gasteiger partial charge in [-0.15, -0.1) is 0 Å². The number of aromatic nitrogens is 1. The van der Waals surface area contributed by atoms with Crippen molar-refractivity contribution >= 4 is 49.2 Å². The molecule has 1 N–H and O–H groups in total. The van der Waals surface area contributed by atoms with Gasteiger partial charge in [0.1, 0.15) is 0 Å². The molecule has 0 atom stereocenters. The Morgan fingerprint density at radius 3 is 2.06 bits per heavy atom. The molecule has 35 heavy (non-hydrogen) atoms. The number of carbonyl (C=O) groups excluding carboxylic acids is 2. The molecule has 5 rings (SSSR count). The molecule has 0 radical (unpaired) electrons. The summed E-state index contributed by atoms with van der Waals surface area (Å²) in [6.07, 6.45) is 0. The van der Waals surface area contributed by atoms with Gasteiger partial charge in [0.15, 0.2) is 5.78 Å². The second kappa shape index (κ2) is 8.52. The molecule has 0 spiro atoms. The minimum absolute atomic E-state index is 0.136. The zero-order chi connectivity index (χ0) is 24.7. The van der Waals surface area contributed by atoms with Crippen molar-refractivity contribution in [2.75, 3.05) is 5.32 Å². The highest BCUT2D eigenvalue weighted by Crippen LogP contribution is 2.37. The molecule has 0 saturated carbocycles.